The molecule has 0 bridgehead atoms. The van der Waals surface area contributed by atoms with Gasteiger partial charge in [0.05, 0.1) is 12.0 Å². The molecule has 0 atom stereocenters. The van der Waals surface area contributed by atoms with E-state index in [1.807, 2.05) is 25.1 Å². The molecular formula is C16H19NO3S. The Morgan fingerprint density at radius 3 is 2.43 bits per heavy atom. The lowest BCUT2D eigenvalue weighted by Gasteiger charge is -2.10. The van der Waals surface area contributed by atoms with Crippen molar-refractivity contribution in [3.05, 3.63) is 59.7 Å². The molecule has 0 saturated heterocycles. The fourth-order valence-corrected chi connectivity index (χ4v) is 3.12. The normalized spacial score (nSPS) is 11.3. The summed E-state index contributed by atoms with van der Waals surface area (Å²) in [5.74, 6) is 0.826. The zero-order valence-electron chi connectivity index (χ0n) is 12.2. The average Bonchev–Trinajstić information content (AvgIpc) is 2.53. The maximum atomic E-state index is 12.1. The summed E-state index contributed by atoms with van der Waals surface area (Å²) in [6.07, 6.45) is 0.836. The van der Waals surface area contributed by atoms with E-state index in [0.29, 0.717) is 0 Å². The number of nitrogens with one attached hydrogen (secondary N) is 1. The molecule has 112 valence electrons. The maximum absolute atomic E-state index is 12.1. The van der Waals surface area contributed by atoms with Crippen LogP contribution in [0.15, 0.2) is 53.4 Å². The number of benzene rings is 2. The second-order valence-corrected chi connectivity index (χ2v) is 6.40. The maximum Gasteiger partial charge on any atom is 0.240 e. The van der Waals surface area contributed by atoms with Gasteiger partial charge in [-0.2, -0.15) is 0 Å². The van der Waals surface area contributed by atoms with Crippen molar-refractivity contribution < 1.29 is 13.2 Å². The minimum Gasteiger partial charge on any atom is -0.496 e. The van der Waals surface area contributed by atoms with Crippen molar-refractivity contribution >= 4 is 10.0 Å². The predicted molar refractivity (Wildman–Crippen MR) is 82.8 cm³/mol. The highest BCUT2D eigenvalue weighted by atomic mass is 32.2. The van der Waals surface area contributed by atoms with Crippen LogP contribution in [0.2, 0.25) is 0 Å². The zero-order valence-corrected chi connectivity index (χ0v) is 13.0. The van der Waals surface area contributed by atoms with E-state index < -0.39 is 10.0 Å². The first-order chi connectivity index (χ1) is 10.1. The van der Waals surface area contributed by atoms with E-state index in [1.165, 1.54) is 0 Å². The second-order valence-electron chi connectivity index (χ2n) is 4.64. The van der Waals surface area contributed by atoms with Gasteiger partial charge in [-0.3, -0.25) is 0 Å². The summed E-state index contributed by atoms with van der Waals surface area (Å²) < 4.78 is 32.2. The molecule has 4 nitrogen and oxygen atoms in total. The summed E-state index contributed by atoms with van der Waals surface area (Å²) >= 11 is 0. The van der Waals surface area contributed by atoms with Gasteiger partial charge >= 0.3 is 0 Å². The SMILES string of the molecule is CCc1cc(CNS(=O)(=O)c2ccccc2)ccc1OC. The molecule has 2 rings (SSSR count). The fourth-order valence-electron chi connectivity index (χ4n) is 2.08. The molecule has 0 fully saturated rings. The number of ether oxygens (including phenoxy) is 1. The molecule has 0 aliphatic carbocycles. The van der Waals surface area contributed by atoms with Gasteiger partial charge in [-0.05, 0) is 35.7 Å². The lowest BCUT2D eigenvalue weighted by atomic mass is 10.1. The molecule has 0 heterocycles. The van der Waals surface area contributed by atoms with Crippen LogP contribution < -0.4 is 9.46 Å². The number of hydrogen-bond donors (Lipinski definition) is 1. The Kier molecular flexibility index (Phi) is 4.98. The average molecular weight is 305 g/mol. The molecule has 0 amide bonds. The minimum atomic E-state index is -3.47. The van der Waals surface area contributed by atoms with Gasteiger partial charge in [0.1, 0.15) is 5.75 Å². The lowest BCUT2D eigenvalue weighted by molar-refractivity contribution is 0.410. The number of rotatable bonds is 6. The van der Waals surface area contributed by atoms with Crippen LogP contribution in [0.25, 0.3) is 0 Å². The molecule has 0 unspecified atom stereocenters. The number of aryl methyl sites for hydroxylation is 1. The van der Waals surface area contributed by atoms with Crippen molar-refractivity contribution in [3.63, 3.8) is 0 Å². The van der Waals surface area contributed by atoms with Gasteiger partial charge in [-0.15, -0.1) is 0 Å². The van der Waals surface area contributed by atoms with Crippen molar-refractivity contribution in [2.45, 2.75) is 24.8 Å². The molecule has 0 aromatic heterocycles. The van der Waals surface area contributed by atoms with Gasteiger partial charge in [0.25, 0.3) is 0 Å². The highest BCUT2D eigenvalue weighted by molar-refractivity contribution is 7.89. The van der Waals surface area contributed by atoms with Gasteiger partial charge in [-0.1, -0.05) is 37.3 Å². The van der Waals surface area contributed by atoms with Crippen LogP contribution in [0, 0.1) is 0 Å². The highest BCUT2D eigenvalue weighted by Crippen LogP contribution is 2.20. The Labute approximate surface area is 125 Å². The number of methoxy groups -OCH3 is 1. The van der Waals surface area contributed by atoms with Crippen LogP contribution >= 0.6 is 0 Å². The summed E-state index contributed by atoms with van der Waals surface area (Å²) in [6, 6.07) is 14.1. The standard InChI is InChI=1S/C16H19NO3S/c1-3-14-11-13(9-10-16(14)20-2)12-17-21(18,19)15-7-5-4-6-8-15/h4-11,17H,3,12H2,1-2H3. The summed E-state index contributed by atoms with van der Waals surface area (Å²) in [4.78, 5) is 0.272. The molecule has 2 aromatic rings. The lowest BCUT2D eigenvalue weighted by Crippen LogP contribution is -2.23. The Morgan fingerprint density at radius 1 is 1.10 bits per heavy atom. The van der Waals surface area contributed by atoms with Crippen LogP contribution in [0.1, 0.15) is 18.1 Å². The van der Waals surface area contributed by atoms with E-state index in [9.17, 15) is 8.42 Å². The summed E-state index contributed by atoms with van der Waals surface area (Å²) in [5.41, 5.74) is 1.97. The summed E-state index contributed by atoms with van der Waals surface area (Å²) in [7, 11) is -1.84. The number of hydrogen-bond acceptors (Lipinski definition) is 3. The third-order valence-corrected chi connectivity index (χ3v) is 4.66. The van der Waals surface area contributed by atoms with Crippen LogP contribution in [-0.4, -0.2) is 15.5 Å². The van der Waals surface area contributed by atoms with Crippen molar-refractivity contribution in [1.29, 1.82) is 0 Å². The highest BCUT2D eigenvalue weighted by Gasteiger charge is 2.13. The first-order valence-corrected chi connectivity index (χ1v) is 8.25. The van der Waals surface area contributed by atoms with Crippen LogP contribution in [0.4, 0.5) is 0 Å². The summed E-state index contributed by atoms with van der Waals surface area (Å²) in [5, 5.41) is 0. The van der Waals surface area contributed by atoms with Gasteiger partial charge in [0.15, 0.2) is 0 Å². The molecule has 1 N–H and O–H groups in total. The van der Waals surface area contributed by atoms with E-state index in [2.05, 4.69) is 4.72 Å². The van der Waals surface area contributed by atoms with Crippen molar-refractivity contribution in [2.24, 2.45) is 0 Å². The molecule has 0 radical (unpaired) electrons. The van der Waals surface area contributed by atoms with Crippen LogP contribution in [0.5, 0.6) is 5.75 Å². The van der Waals surface area contributed by atoms with Gasteiger partial charge < -0.3 is 4.74 Å². The molecule has 21 heavy (non-hydrogen) atoms. The predicted octanol–water partition coefficient (Wildman–Crippen LogP) is 2.74. The quantitative estimate of drug-likeness (QED) is 0.893. The topological polar surface area (TPSA) is 55.4 Å². The van der Waals surface area contributed by atoms with Gasteiger partial charge in [-0.25, -0.2) is 13.1 Å². The molecule has 0 saturated carbocycles. The first-order valence-electron chi connectivity index (χ1n) is 6.77. The van der Waals surface area contributed by atoms with Gasteiger partial charge in [0, 0.05) is 6.54 Å². The first kappa shape index (κ1) is 15.5. The molecule has 0 aliphatic rings. The van der Waals surface area contributed by atoms with E-state index >= 15 is 0 Å². The third-order valence-electron chi connectivity index (χ3n) is 3.25. The fraction of sp³-hybridized carbons (Fsp3) is 0.250. The molecule has 2 aromatic carbocycles. The second kappa shape index (κ2) is 6.74. The molecular weight excluding hydrogens is 286 g/mol. The van der Waals surface area contributed by atoms with E-state index in [1.54, 1.807) is 37.4 Å². The van der Waals surface area contributed by atoms with Crippen molar-refractivity contribution in [3.8, 4) is 5.75 Å². The van der Waals surface area contributed by atoms with Crippen LogP contribution in [0.3, 0.4) is 0 Å². The van der Waals surface area contributed by atoms with Crippen molar-refractivity contribution in [1.82, 2.24) is 4.72 Å². The van der Waals surface area contributed by atoms with E-state index in [4.69, 9.17) is 4.74 Å². The zero-order chi connectivity index (χ0) is 15.3. The monoisotopic (exact) mass is 305 g/mol. The largest absolute Gasteiger partial charge is 0.496 e. The Hall–Kier alpha value is -1.85. The van der Waals surface area contributed by atoms with E-state index in [0.717, 1.165) is 23.3 Å². The summed E-state index contributed by atoms with van der Waals surface area (Å²) in [6.45, 7) is 2.30. The minimum absolute atomic E-state index is 0.258. The Balaban J connectivity index is 2.13. The number of sulfonamides is 1. The van der Waals surface area contributed by atoms with E-state index in [-0.39, 0.29) is 11.4 Å². The van der Waals surface area contributed by atoms with Crippen molar-refractivity contribution in [2.75, 3.05) is 7.11 Å². The third kappa shape index (κ3) is 3.83. The molecule has 0 spiro atoms. The van der Waals surface area contributed by atoms with Crippen LogP contribution in [-0.2, 0) is 23.0 Å². The molecule has 5 heteroatoms. The Bertz CT molecular complexity index is 697. The van der Waals surface area contributed by atoms with Gasteiger partial charge in [0.2, 0.25) is 10.0 Å². The Morgan fingerprint density at radius 2 is 1.81 bits per heavy atom. The smallest absolute Gasteiger partial charge is 0.240 e. The molecule has 0 aliphatic heterocycles.